The lowest BCUT2D eigenvalue weighted by atomic mass is 10.0. The monoisotopic (exact) mass is 476 g/mol. The number of thiophene rings is 1. The topological polar surface area (TPSA) is 9.23 Å². The van der Waals surface area contributed by atoms with Crippen molar-refractivity contribution < 1.29 is 13.5 Å². The third-order valence-electron chi connectivity index (χ3n) is 6.66. The quantitative estimate of drug-likeness (QED) is 0.182. The third kappa shape index (κ3) is 4.88. The largest absolute Gasteiger partial charge is 0.494 e. The molecule has 0 unspecified atom stereocenters. The van der Waals surface area contributed by atoms with Gasteiger partial charge in [-0.05, 0) is 76.5 Å². The van der Waals surface area contributed by atoms with Crippen molar-refractivity contribution in [3.8, 4) is 5.75 Å². The van der Waals surface area contributed by atoms with Gasteiger partial charge in [0.15, 0.2) is 11.6 Å². The van der Waals surface area contributed by atoms with Crippen molar-refractivity contribution in [2.24, 2.45) is 0 Å². The van der Waals surface area contributed by atoms with Crippen LogP contribution in [0.4, 0.5) is 8.78 Å². The van der Waals surface area contributed by atoms with Gasteiger partial charge in [-0.1, -0.05) is 57.9 Å². The van der Waals surface area contributed by atoms with Gasteiger partial charge in [-0.15, -0.1) is 11.3 Å². The molecule has 4 heteroatoms. The van der Waals surface area contributed by atoms with Gasteiger partial charge in [0.25, 0.3) is 0 Å². The molecule has 0 fully saturated rings. The lowest BCUT2D eigenvalue weighted by Crippen LogP contribution is -1.97. The van der Waals surface area contributed by atoms with Gasteiger partial charge in [0.2, 0.25) is 0 Å². The predicted molar refractivity (Wildman–Crippen MR) is 142 cm³/mol. The van der Waals surface area contributed by atoms with Crippen LogP contribution >= 0.6 is 11.3 Å². The van der Waals surface area contributed by atoms with Gasteiger partial charge in [-0.2, -0.15) is 0 Å². The molecule has 0 saturated heterocycles. The van der Waals surface area contributed by atoms with E-state index in [4.69, 9.17) is 4.74 Å². The fraction of sp³-hybridized carbons (Fsp3) is 0.333. The lowest BCUT2D eigenvalue weighted by Gasteiger charge is -2.08. The van der Waals surface area contributed by atoms with Crippen LogP contribution in [0.15, 0.2) is 54.6 Å². The Morgan fingerprint density at radius 1 is 0.618 bits per heavy atom. The zero-order chi connectivity index (χ0) is 23.5. The van der Waals surface area contributed by atoms with E-state index >= 15 is 0 Å². The van der Waals surface area contributed by atoms with Crippen LogP contribution in [-0.2, 0) is 0 Å². The first-order valence-electron chi connectivity index (χ1n) is 12.4. The van der Waals surface area contributed by atoms with Crippen LogP contribution in [0.25, 0.3) is 41.7 Å². The second-order valence-electron chi connectivity index (χ2n) is 9.24. The van der Waals surface area contributed by atoms with Crippen molar-refractivity contribution in [2.75, 3.05) is 6.61 Å². The van der Waals surface area contributed by atoms with E-state index in [0.717, 1.165) is 55.8 Å². The number of benzene rings is 4. The van der Waals surface area contributed by atoms with Gasteiger partial charge in [0.1, 0.15) is 5.75 Å². The summed E-state index contributed by atoms with van der Waals surface area (Å²) in [7, 11) is 0. The van der Waals surface area contributed by atoms with Crippen molar-refractivity contribution in [1.82, 2.24) is 0 Å². The number of fused-ring (bicyclic) bond motifs is 5. The Morgan fingerprint density at radius 2 is 1.18 bits per heavy atom. The maximum atomic E-state index is 13.8. The number of unbranched alkanes of at least 4 members (excludes halogenated alkanes) is 7. The normalized spacial score (nSPS) is 11.9. The van der Waals surface area contributed by atoms with Crippen molar-refractivity contribution in [2.45, 2.75) is 58.3 Å². The summed E-state index contributed by atoms with van der Waals surface area (Å²) in [5, 5.41) is 5.96. The summed E-state index contributed by atoms with van der Waals surface area (Å²) in [6, 6.07) is 17.2. The number of rotatable bonds is 10. The highest BCUT2D eigenvalue weighted by atomic mass is 32.1. The summed E-state index contributed by atoms with van der Waals surface area (Å²) in [6.07, 6.45) is 10.3. The summed E-state index contributed by atoms with van der Waals surface area (Å²) in [5.74, 6) is -0.706. The molecule has 0 atom stereocenters. The van der Waals surface area contributed by atoms with Crippen LogP contribution in [-0.4, -0.2) is 6.61 Å². The molecular weight excluding hydrogens is 446 g/mol. The van der Waals surface area contributed by atoms with Gasteiger partial charge >= 0.3 is 0 Å². The molecule has 176 valence electrons. The maximum Gasteiger partial charge on any atom is 0.159 e. The Hall–Kier alpha value is -2.72. The van der Waals surface area contributed by atoms with Crippen LogP contribution in [0, 0.1) is 11.6 Å². The molecule has 0 aliphatic carbocycles. The van der Waals surface area contributed by atoms with Gasteiger partial charge in [0.05, 0.1) is 6.61 Å². The second kappa shape index (κ2) is 10.3. The van der Waals surface area contributed by atoms with E-state index in [9.17, 15) is 8.78 Å². The molecule has 1 aromatic heterocycles. The third-order valence-corrected chi connectivity index (χ3v) is 7.78. The minimum atomic E-state index is -0.809. The first-order chi connectivity index (χ1) is 16.6. The Kier molecular flexibility index (Phi) is 6.96. The molecule has 0 N–H and O–H groups in total. The maximum absolute atomic E-state index is 13.8. The van der Waals surface area contributed by atoms with E-state index < -0.39 is 11.6 Å². The minimum absolute atomic E-state index is 0.718. The van der Waals surface area contributed by atoms with E-state index in [1.54, 1.807) is 11.3 Å². The molecule has 0 saturated carbocycles. The van der Waals surface area contributed by atoms with E-state index in [1.165, 1.54) is 61.8 Å². The molecule has 0 radical (unpaired) electrons. The Morgan fingerprint density at radius 3 is 1.85 bits per heavy atom. The fourth-order valence-electron chi connectivity index (χ4n) is 4.75. The number of hydrogen-bond donors (Lipinski definition) is 0. The molecule has 0 aliphatic heterocycles. The molecule has 4 aromatic carbocycles. The highest BCUT2D eigenvalue weighted by Crippen LogP contribution is 2.39. The summed E-state index contributed by atoms with van der Waals surface area (Å²) < 4.78 is 35.7. The van der Waals surface area contributed by atoms with Gasteiger partial charge in [0, 0.05) is 20.2 Å². The lowest BCUT2D eigenvalue weighted by molar-refractivity contribution is 0.304. The highest BCUT2D eigenvalue weighted by molar-refractivity contribution is 7.26. The molecule has 0 aliphatic rings. The standard InChI is InChI=1S/C30H30F2OS/c1-2-3-4-5-6-7-8-9-12-33-24-11-10-20-14-25-26-15-22-16-27(31)28(32)17-23(22)19-30(26)34-29(25)18-21(20)13-24/h10-11,13-19H,2-9,12H2,1H3. The molecule has 1 nitrogen and oxygen atoms in total. The molecule has 1 heterocycles. The predicted octanol–water partition coefficient (Wildman–Crippen LogP) is 10.2. The summed E-state index contributed by atoms with van der Waals surface area (Å²) in [6.45, 7) is 3.01. The van der Waals surface area contributed by atoms with Crippen molar-refractivity contribution >= 4 is 53.1 Å². The molecule has 5 aromatic rings. The van der Waals surface area contributed by atoms with Crippen molar-refractivity contribution in [1.29, 1.82) is 0 Å². The first kappa shape index (κ1) is 23.0. The zero-order valence-electron chi connectivity index (χ0n) is 19.6. The molecule has 0 spiro atoms. The van der Waals surface area contributed by atoms with Crippen molar-refractivity contribution in [3.05, 3.63) is 66.2 Å². The Labute approximate surface area is 203 Å². The van der Waals surface area contributed by atoms with Gasteiger partial charge < -0.3 is 4.74 Å². The minimum Gasteiger partial charge on any atom is -0.494 e. The summed E-state index contributed by atoms with van der Waals surface area (Å²) in [5.41, 5.74) is 0. The first-order valence-corrected chi connectivity index (χ1v) is 13.3. The molecule has 5 rings (SSSR count). The Balaban J connectivity index is 1.31. The smallest absolute Gasteiger partial charge is 0.159 e. The number of halogens is 2. The highest BCUT2D eigenvalue weighted by Gasteiger charge is 2.11. The van der Waals surface area contributed by atoms with Crippen LogP contribution < -0.4 is 4.74 Å². The zero-order valence-corrected chi connectivity index (χ0v) is 20.4. The number of hydrogen-bond acceptors (Lipinski definition) is 2. The molecule has 0 amide bonds. The van der Waals surface area contributed by atoms with E-state index in [1.807, 2.05) is 18.2 Å². The van der Waals surface area contributed by atoms with Crippen LogP contribution in [0.2, 0.25) is 0 Å². The number of ether oxygens (including phenoxy) is 1. The van der Waals surface area contributed by atoms with Crippen LogP contribution in [0.5, 0.6) is 5.75 Å². The SMILES string of the molecule is CCCCCCCCCCOc1ccc2cc3c(cc2c1)sc1cc2cc(F)c(F)cc2cc13. The van der Waals surface area contributed by atoms with Gasteiger partial charge in [-0.3, -0.25) is 0 Å². The van der Waals surface area contributed by atoms with E-state index in [0.29, 0.717) is 0 Å². The second-order valence-corrected chi connectivity index (χ2v) is 10.3. The molecular formula is C30H30F2OS. The Bertz CT molecular complexity index is 1450. The average Bonchev–Trinajstić information content (AvgIpc) is 3.17. The average molecular weight is 477 g/mol. The fourth-order valence-corrected chi connectivity index (χ4v) is 5.92. The van der Waals surface area contributed by atoms with E-state index in [2.05, 4.69) is 31.2 Å². The van der Waals surface area contributed by atoms with Crippen molar-refractivity contribution in [3.63, 3.8) is 0 Å². The molecule has 34 heavy (non-hydrogen) atoms. The van der Waals surface area contributed by atoms with E-state index in [-0.39, 0.29) is 0 Å². The van der Waals surface area contributed by atoms with Crippen LogP contribution in [0.1, 0.15) is 58.3 Å². The summed E-state index contributed by atoms with van der Waals surface area (Å²) in [4.78, 5) is 0. The molecule has 0 bridgehead atoms. The van der Waals surface area contributed by atoms with Gasteiger partial charge in [-0.25, -0.2) is 8.78 Å². The van der Waals surface area contributed by atoms with Crippen LogP contribution in [0.3, 0.4) is 0 Å². The summed E-state index contributed by atoms with van der Waals surface area (Å²) >= 11 is 1.68.